The zero-order chi connectivity index (χ0) is 14.4. The van der Waals surface area contributed by atoms with Crippen molar-refractivity contribution in [3.05, 3.63) is 54.2 Å². The minimum absolute atomic E-state index is 0.0782. The molecule has 4 nitrogen and oxygen atoms in total. The summed E-state index contributed by atoms with van der Waals surface area (Å²) in [5, 5.41) is 0. The van der Waals surface area contributed by atoms with E-state index >= 15 is 0 Å². The van der Waals surface area contributed by atoms with Gasteiger partial charge < -0.3 is 10.2 Å². The highest BCUT2D eigenvalue weighted by Crippen LogP contribution is 2.19. The topological polar surface area (TPSA) is 55.3 Å². The second kappa shape index (κ2) is 6.68. The maximum absolute atomic E-state index is 5.86. The number of pyridine rings is 1. The Morgan fingerprint density at radius 2 is 2.10 bits per heavy atom. The zero-order valence-electron chi connectivity index (χ0n) is 12.2. The third kappa shape index (κ3) is 4.47. The van der Waals surface area contributed by atoms with Crippen LogP contribution in [0.1, 0.15) is 25.2 Å². The first kappa shape index (κ1) is 14.8. The van der Waals surface area contributed by atoms with E-state index < -0.39 is 0 Å². The van der Waals surface area contributed by atoms with Gasteiger partial charge in [-0.05, 0) is 35.7 Å². The summed E-state index contributed by atoms with van der Waals surface area (Å²) < 4.78 is 5.46. The van der Waals surface area contributed by atoms with Crippen LogP contribution in [0.15, 0.2) is 47.3 Å². The first-order valence-corrected chi connectivity index (χ1v) is 6.93. The minimum Gasteiger partial charge on any atom is -0.468 e. The number of hydrogen-bond donors (Lipinski definition) is 1. The predicted octanol–water partition coefficient (Wildman–Crippen LogP) is 2.66. The molecule has 108 valence electrons. The predicted molar refractivity (Wildman–Crippen MR) is 79.9 cm³/mol. The second-order valence-corrected chi connectivity index (χ2v) is 5.95. The Balaban J connectivity index is 2.07. The van der Waals surface area contributed by atoms with Crippen LogP contribution >= 0.6 is 0 Å². The summed E-state index contributed by atoms with van der Waals surface area (Å²) in [6, 6.07) is 7.99. The van der Waals surface area contributed by atoms with Crippen LogP contribution in [0, 0.1) is 5.41 Å². The van der Waals surface area contributed by atoms with Crippen LogP contribution in [0.25, 0.3) is 0 Å². The summed E-state index contributed by atoms with van der Waals surface area (Å²) in [6.45, 7) is 7.58. The summed E-state index contributed by atoms with van der Waals surface area (Å²) in [5.74, 6) is 0.974. The summed E-state index contributed by atoms with van der Waals surface area (Å²) in [5.41, 5.74) is 7.14. The van der Waals surface area contributed by atoms with E-state index in [0.29, 0.717) is 6.54 Å². The fourth-order valence-electron chi connectivity index (χ4n) is 2.21. The van der Waals surface area contributed by atoms with Crippen molar-refractivity contribution in [3.63, 3.8) is 0 Å². The van der Waals surface area contributed by atoms with E-state index in [1.165, 1.54) is 5.56 Å². The normalized spacial score (nSPS) is 12.0. The molecule has 0 fully saturated rings. The molecule has 0 atom stereocenters. The Morgan fingerprint density at radius 1 is 1.25 bits per heavy atom. The van der Waals surface area contributed by atoms with Gasteiger partial charge in [-0.3, -0.25) is 9.88 Å². The summed E-state index contributed by atoms with van der Waals surface area (Å²) in [4.78, 5) is 6.53. The first-order valence-electron chi connectivity index (χ1n) is 6.93. The van der Waals surface area contributed by atoms with Crippen LogP contribution in [-0.2, 0) is 13.1 Å². The van der Waals surface area contributed by atoms with E-state index in [4.69, 9.17) is 10.2 Å². The van der Waals surface area contributed by atoms with Crippen LogP contribution in [-0.4, -0.2) is 23.0 Å². The van der Waals surface area contributed by atoms with Crippen molar-refractivity contribution in [2.45, 2.75) is 26.9 Å². The Kier molecular flexibility index (Phi) is 4.93. The quantitative estimate of drug-likeness (QED) is 0.842. The number of rotatable bonds is 7. The lowest BCUT2D eigenvalue weighted by molar-refractivity contribution is 0.158. The molecule has 2 aromatic heterocycles. The van der Waals surface area contributed by atoms with Crippen LogP contribution in [0.2, 0.25) is 0 Å². The Hall–Kier alpha value is -1.65. The Morgan fingerprint density at radius 3 is 2.70 bits per heavy atom. The summed E-state index contributed by atoms with van der Waals surface area (Å²) >= 11 is 0. The minimum atomic E-state index is 0.0782. The average molecular weight is 273 g/mol. The lowest BCUT2D eigenvalue weighted by Crippen LogP contribution is -2.38. The fourth-order valence-corrected chi connectivity index (χ4v) is 2.21. The second-order valence-electron chi connectivity index (χ2n) is 5.95. The van der Waals surface area contributed by atoms with Gasteiger partial charge in [-0.25, -0.2) is 0 Å². The van der Waals surface area contributed by atoms with Gasteiger partial charge in [0, 0.05) is 25.5 Å². The summed E-state index contributed by atoms with van der Waals surface area (Å²) in [7, 11) is 0. The number of nitrogens with zero attached hydrogens (tertiary/aromatic N) is 2. The van der Waals surface area contributed by atoms with Gasteiger partial charge in [0.15, 0.2) is 0 Å². The molecule has 2 N–H and O–H groups in total. The number of hydrogen-bond acceptors (Lipinski definition) is 4. The number of nitrogens with two attached hydrogens (primary N) is 1. The van der Waals surface area contributed by atoms with Crippen molar-refractivity contribution in [1.82, 2.24) is 9.88 Å². The van der Waals surface area contributed by atoms with Gasteiger partial charge >= 0.3 is 0 Å². The molecule has 2 aromatic rings. The van der Waals surface area contributed by atoms with Crippen molar-refractivity contribution in [1.29, 1.82) is 0 Å². The van der Waals surface area contributed by atoms with E-state index in [1.807, 2.05) is 24.4 Å². The van der Waals surface area contributed by atoms with Crippen molar-refractivity contribution in [2.75, 3.05) is 13.1 Å². The molecular formula is C16H23N3O. The largest absolute Gasteiger partial charge is 0.468 e. The molecule has 4 heteroatoms. The van der Waals surface area contributed by atoms with Gasteiger partial charge in [-0.2, -0.15) is 0 Å². The van der Waals surface area contributed by atoms with E-state index in [1.54, 1.807) is 12.5 Å². The van der Waals surface area contributed by atoms with Gasteiger partial charge in [-0.15, -0.1) is 0 Å². The van der Waals surface area contributed by atoms with Crippen LogP contribution in [0.3, 0.4) is 0 Å². The summed E-state index contributed by atoms with van der Waals surface area (Å²) in [6.07, 6.45) is 5.42. The van der Waals surface area contributed by atoms with Crippen LogP contribution < -0.4 is 5.73 Å². The highest BCUT2D eigenvalue weighted by atomic mass is 16.3. The van der Waals surface area contributed by atoms with Crippen LogP contribution in [0.5, 0.6) is 0 Å². The van der Waals surface area contributed by atoms with E-state index in [2.05, 4.69) is 29.8 Å². The first-order chi connectivity index (χ1) is 9.59. The molecule has 20 heavy (non-hydrogen) atoms. The van der Waals surface area contributed by atoms with E-state index in [0.717, 1.165) is 25.4 Å². The molecule has 0 aliphatic rings. The number of aromatic nitrogens is 1. The maximum atomic E-state index is 5.86. The molecular weight excluding hydrogens is 250 g/mol. The molecule has 0 saturated carbocycles. The molecule has 0 unspecified atom stereocenters. The molecule has 0 spiro atoms. The lowest BCUT2D eigenvalue weighted by atomic mass is 9.93. The highest BCUT2D eigenvalue weighted by Gasteiger charge is 2.21. The van der Waals surface area contributed by atoms with E-state index in [-0.39, 0.29) is 5.41 Å². The molecule has 0 aliphatic heterocycles. The Bertz CT molecular complexity index is 494. The van der Waals surface area contributed by atoms with Gasteiger partial charge in [0.1, 0.15) is 5.76 Å². The van der Waals surface area contributed by atoms with Crippen molar-refractivity contribution in [2.24, 2.45) is 11.1 Å². The molecule has 0 amide bonds. The zero-order valence-corrected chi connectivity index (χ0v) is 12.2. The molecule has 2 heterocycles. The van der Waals surface area contributed by atoms with Gasteiger partial charge in [-0.1, -0.05) is 19.9 Å². The molecule has 0 saturated heterocycles. The fraction of sp³-hybridized carbons (Fsp3) is 0.438. The maximum Gasteiger partial charge on any atom is 0.117 e. The SMILES string of the molecule is CC(C)(CN)CN(Cc1cccnc1)Cc1ccco1. The molecule has 0 bridgehead atoms. The molecule has 0 aromatic carbocycles. The molecule has 0 radical (unpaired) electrons. The average Bonchev–Trinajstić information content (AvgIpc) is 2.92. The van der Waals surface area contributed by atoms with Crippen molar-refractivity contribution in [3.8, 4) is 0 Å². The highest BCUT2D eigenvalue weighted by molar-refractivity contribution is 5.09. The third-order valence-electron chi connectivity index (χ3n) is 3.29. The molecule has 2 rings (SSSR count). The smallest absolute Gasteiger partial charge is 0.117 e. The molecule has 0 aliphatic carbocycles. The van der Waals surface area contributed by atoms with Crippen molar-refractivity contribution >= 4 is 0 Å². The van der Waals surface area contributed by atoms with E-state index in [9.17, 15) is 0 Å². The monoisotopic (exact) mass is 273 g/mol. The van der Waals surface area contributed by atoms with Gasteiger partial charge in [0.2, 0.25) is 0 Å². The van der Waals surface area contributed by atoms with Crippen LogP contribution in [0.4, 0.5) is 0 Å². The standard InChI is InChI=1S/C16H23N3O/c1-16(2,12-17)13-19(11-15-6-4-8-20-15)10-14-5-3-7-18-9-14/h3-9H,10-13,17H2,1-2H3. The Labute approximate surface area is 120 Å². The van der Waals surface area contributed by atoms with Crippen molar-refractivity contribution < 1.29 is 4.42 Å². The van der Waals surface area contributed by atoms with Gasteiger partial charge in [0.05, 0.1) is 12.8 Å². The van der Waals surface area contributed by atoms with Gasteiger partial charge in [0.25, 0.3) is 0 Å². The lowest BCUT2D eigenvalue weighted by Gasteiger charge is -2.31. The number of furan rings is 1. The third-order valence-corrected chi connectivity index (χ3v) is 3.29.